The van der Waals surface area contributed by atoms with Crippen LogP contribution in [0.4, 0.5) is 0 Å². The molecule has 0 N–H and O–H groups in total. The quantitative estimate of drug-likeness (QED) is 0.838. The molecule has 0 radical (unpaired) electrons. The predicted molar refractivity (Wildman–Crippen MR) is 80.4 cm³/mol. The molecule has 4 heteroatoms. The highest BCUT2D eigenvalue weighted by molar-refractivity contribution is 7.07. The second-order valence-corrected chi connectivity index (χ2v) is 6.23. The van der Waals surface area contributed by atoms with Crippen LogP contribution < -0.4 is 0 Å². The van der Waals surface area contributed by atoms with Crippen LogP contribution in [0.3, 0.4) is 0 Å². The van der Waals surface area contributed by atoms with E-state index in [1.54, 1.807) is 11.3 Å². The largest absolute Gasteiger partial charge is 0.466 e. The maximum absolute atomic E-state index is 12.5. The van der Waals surface area contributed by atoms with E-state index >= 15 is 0 Å². The number of nitrogens with zero attached hydrogens (tertiary/aromatic N) is 1. The van der Waals surface area contributed by atoms with Crippen LogP contribution in [0.1, 0.15) is 46.2 Å². The molecule has 2 aromatic heterocycles. The van der Waals surface area contributed by atoms with Crippen molar-refractivity contribution in [3.8, 4) is 0 Å². The minimum atomic E-state index is 0.114. The first-order valence-electron chi connectivity index (χ1n) is 7.03. The molecule has 0 aliphatic carbocycles. The van der Waals surface area contributed by atoms with Crippen molar-refractivity contribution in [3.05, 3.63) is 45.5 Å². The molecule has 0 unspecified atom stereocenters. The summed E-state index contributed by atoms with van der Waals surface area (Å²) in [5, 5.41) is 4.36. The van der Waals surface area contributed by atoms with Crippen molar-refractivity contribution in [2.45, 2.75) is 32.6 Å². The predicted octanol–water partition coefficient (Wildman–Crippen LogP) is 3.98. The zero-order valence-corrected chi connectivity index (χ0v) is 12.7. The summed E-state index contributed by atoms with van der Waals surface area (Å²) in [5.41, 5.74) is 2.15. The lowest BCUT2D eigenvalue weighted by Crippen LogP contribution is -2.37. The highest BCUT2D eigenvalue weighted by Crippen LogP contribution is 2.30. The van der Waals surface area contributed by atoms with Gasteiger partial charge in [0.2, 0.25) is 0 Å². The number of furan rings is 1. The smallest absolute Gasteiger partial charge is 0.257 e. The van der Waals surface area contributed by atoms with Crippen molar-refractivity contribution in [1.82, 2.24) is 4.90 Å². The summed E-state index contributed by atoms with van der Waals surface area (Å²) in [4.78, 5) is 14.5. The summed E-state index contributed by atoms with van der Waals surface area (Å²) in [6.45, 7) is 5.41. The molecule has 20 heavy (non-hydrogen) atoms. The monoisotopic (exact) mass is 289 g/mol. The number of rotatable bonds is 2. The van der Waals surface area contributed by atoms with Gasteiger partial charge in [-0.1, -0.05) is 0 Å². The number of piperidine rings is 1. The van der Waals surface area contributed by atoms with Gasteiger partial charge in [-0.3, -0.25) is 4.79 Å². The van der Waals surface area contributed by atoms with E-state index in [4.69, 9.17) is 4.42 Å². The van der Waals surface area contributed by atoms with Gasteiger partial charge in [-0.15, -0.1) is 0 Å². The third-order valence-electron chi connectivity index (χ3n) is 4.07. The Balaban J connectivity index is 1.66. The highest BCUT2D eigenvalue weighted by Gasteiger charge is 2.26. The Labute approximate surface area is 123 Å². The lowest BCUT2D eigenvalue weighted by atomic mass is 9.91. The minimum absolute atomic E-state index is 0.114. The zero-order valence-electron chi connectivity index (χ0n) is 11.9. The summed E-state index contributed by atoms with van der Waals surface area (Å²) < 4.78 is 5.46. The minimum Gasteiger partial charge on any atom is -0.466 e. The molecule has 0 aromatic carbocycles. The van der Waals surface area contributed by atoms with Crippen molar-refractivity contribution in [3.63, 3.8) is 0 Å². The normalized spacial score (nSPS) is 16.6. The first kappa shape index (κ1) is 13.4. The number of thiophene rings is 1. The standard InChI is InChI=1S/C16H19NO2S/c1-11-9-15(12(2)19-11)16(18)17-6-3-13(4-7-17)14-5-8-20-10-14/h5,8-10,13H,3-4,6-7H2,1-2H3. The van der Waals surface area contributed by atoms with Crippen molar-refractivity contribution >= 4 is 17.2 Å². The number of carbonyl (C=O) groups excluding carboxylic acids is 1. The molecule has 0 saturated carbocycles. The van der Waals surface area contributed by atoms with E-state index in [9.17, 15) is 4.79 Å². The Kier molecular flexibility index (Phi) is 3.66. The Bertz CT molecular complexity index is 592. The van der Waals surface area contributed by atoms with E-state index in [0.717, 1.165) is 43.0 Å². The molecule has 1 fully saturated rings. The van der Waals surface area contributed by atoms with Crippen LogP contribution in [0.15, 0.2) is 27.3 Å². The molecular formula is C16H19NO2S. The fourth-order valence-electron chi connectivity index (χ4n) is 2.94. The summed E-state index contributed by atoms with van der Waals surface area (Å²) >= 11 is 1.75. The Hall–Kier alpha value is -1.55. The lowest BCUT2D eigenvalue weighted by molar-refractivity contribution is 0.0711. The third-order valence-corrected chi connectivity index (χ3v) is 4.77. The molecular weight excluding hydrogens is 270 g/mol. The fourth-order valence-corrected chi connectivity index (χ4v) is 3.68. The topological polar surface area (TPSA) is 33.5 Å². The molecule has 2 aromatic rings. The Morgan fingerprint density at radius 1 is 1.35 bits per heavy atom. The van der Waals surface area contributed by atoms with Crippen molar-refractivity contribution in [2.24, 2.45) is 0 Å². The zero-order chi connectivity index (χ0) is 14.1. The number of hydrogen-bond acceptors (Lipinski definition) is 3. The lowest BCUT2D eigenvalue weighted by Gasteiger charge is -2.31. The van der Waals surface area contributed by atoms with E-state index in [1.807, 2.05) is 24.8 Å². The maximum atomic E-state index is 12.5. The van der Waals surface area contributed by atoms with Crippen LogP contribution >= 0.6 is 11.3 Å². The van der Waals surface area contributed by atoms with Crippen molar-refractivity contribution in [2.75, 3.05) is 13.1 Å². The van der Waals surface area contributed by atoms with E-state index < -0.39 is 0 Å². The molecule has 1 saturated heterocycles. The average Bonchev–Trinajstić information content (AvgIpc) is 3.08. The van der Waals surface area contributed by atoms with Crippen LogP contribution in [0, 0.1) is 13.8 Å². The number of aryl methyl sites for hydroxylation is 2. The molecule has 1 aliphatic rings. The van der Waals surface area contributed by atoms with Crippen LogP contribution in [-0.2, 0) is 0 Å². The van der Waals surface area contributed by atoms with Crippen LogP contribution in [0.5, 0.6) is 0 Å². The second-order valence-electron chi connectivity index (χ2n) is 5.45. The van der Waals surface area contributed by atoms with Gasteiger partial charge in [-0.25, -0.2) is 0 Å². The van der Waals surface area contributed by atoms with Gasteiger partial charge in [0.15, 0.2) is 0 Å². The molecule has 106 valence electrons. The van der Waals surface area contributed by atoms with Gasteiger partial charge in [-0.2, -0.15) is 11.3 Å². The van der Waals surface area contributed by atoms with Crippen molar-refractivity contribution in [1.29, 1.82) is 0 Å². The molecule has 0 atom stereocenters. The number of carbonyl (C=O) groups is 1. The van der Waals surface area contributed by atoms with E-state index in [0.29, 0.717) is 5.92 Å². The number of amides is 1. The molecule has 3 rings (SSSR count). The fraction of sp³-hybridized carbons (Fsp3) is 0.438. The number of hydrogen-bond donors (Lipinski definition) is 0. The van der Waals surface area contributed by atoms with Crippen molar-refractivity contribution < 1.29 is 9.21 Å². The summed E-state index contributed by atoms with van der Waals surface area (Å²) in [7, 11) is 0. The van der Waals surface area contributed by atoms with Gasteiger partial charge in [0.1, 0.15) is 11.5 Å². The summed E-state index contributed by atoms with van der Waals surface area (Å²) in [5.74, 6) is 2.26. The van der Waals surface area contributed by atoms with E-state index in [1.165, 1.54) is 5.56 Å². The van der Waals surface area contributed by atoms with Gasteiger partial charge in [0, 0.05) is 13.1 Å². The maximum Gasteiger partial charge on any atom is 0.257 e. The number of likely N-dealkylation sites (tertiary alicyclic amines) is 1. The first-order valence-corrected chi connectivity index (χ1v) is 7.98. The Morgan fingerprint density at radius 3 is 2.65 bits per heavy atom. The van der Waals surface area contributed by atoms with Gasteiger partial charge in [0.25, 0.3) is 5.91 Å². The van der Waals surface area contributed by atoms with Gasteiger partial charge >= 0.3 is 0 Å². The van der Waals surface area contributed by atoms with E-state index in [-0.39, 0.29) is 5.91 Å². The van der Waals surface area contributed by atoms with Gasteiger partial charge < -0.3 is 9.32 Å². The molecule has 3 nitrogen and oxygen atoms in total. The third kappa shape index (κ3) is 2.52. The molecule has 1 aliphatic heterocycles. The van der Waals surface area contributed by atoms with Crippen LogP contribution in [0.2, 0.25) is 0 Å². The van der Waals surface area contributed by atoms with Gasteiger partial charge in [-0.05, 0) is 61.1 Å². The summed E-state index contributed by atoms with van der Waals surface area (Å²) in [6, 6.07) is 4.05. The van der Waals surface area contributed by atoms with Gasteiger partial charge in [0.05, 0.1) is 5.56 Å². The average molecular weight is 289 g/mol. The first-order chi connectivity index (χ1) is 9.65. The summed E-state index contributed by atoms with van der Waals surface area (Å²) in [6.07, 6.45) is 2.11. The highest BCUT2D eigenvalue weighted by atomic mass is 32.1. The second kappa shape index (κ2) is 5.44. The Morgan fingerprint density at radius 2 is 2.10 bits per heavy atom. The van der Waals surface area contributed by atoms with Crippen LogP contribution in [-0.4, -0.2) is 23.9 Å². The molecule has 1 amide bonds. The molecule has 3 heterocycles. The molecule has 0 spiro atoms. The molecule has 0 bridgehead atoms. The van der Waals surface area contributed by atoms with Crippen LogP contribution in [0.25, 0.3) is 0 Å². The van der Waals surface area contributed by atoms with E-state index in [2.05, 4.69) is 16.8 Å². The SMILES string of the molecule is Cc1cc(C(=O)N2CCC(c3ccsc3)CC2)c(C)o1.